The topological polar surface area (TPSA) is 131 Å². The highest BCUT2D eigenvalue weighted by Gasteiger charge is 2.36. The van der Waals surface area contributed by atoms with Crippen molar-refractivity contribution in [3.05, 3.63) is 48.2 Å². The van der Waals surface area contributed by atoms with Gasteiger partial charge in [-0.05, 0) is 62.6 Å². The molecule has 3 aromatic rings. The first kappa shape index (κ1) is 29.4. The third kappa shape index (κ3) is 6.85. The number of nitrogens with one attached hydrogen (secondary N) is 2. The molecule has 1 aliphatic carbocycles. The fourth-order valence-corrected chi connectivity index (χ4v) is 6.43. The number of aromatic nitrogens is 4. The van der Waals surface area contributed by atoms with E-state index in [0.29, 0.717) is 57.9 Å². The van der Waals surface area contributed by atoms with Crippen molar-refractivity contribution in [2.24, 2.45) is 5.92 Å². The van der Waals surface area contributed by atoms with E-state index in [-0.39, 0.29) is 46.7 Å². The van der Waals surface area contributed by atoms with Crippen molar-refractivity contribution in [2.75, 3.05) is 25.1 Å². The molecule has 0 atom stereocenters. The van der Waals surface area contributed by atoms with E-state index in [1.807, 2.05) is 0 Å². The van der Waals surface area contributed by atoms with E-state index in [1.165, 1.54) is 18.5 Å². The van der Waals surface area contributed by atoms with Crippen LogP contribution in [0.15, 0.2) is 41.7 Å². The highest BCUT2D eigenvalue weighted by molar-refractivity contribution is 7.89. The fraction of sp³-hybridized carbons (Fsp3) is 0.500. The normalized spacial score (nSPS) is 20.7. The second kappa shape index (κ2) is 12.0. The lowest BCUT2D eigenvalue weighted by Gasteiger charge is -2.27. The molecule has 1 saturated heterocycles. The summed E-state index contributed by atoms with van der Waals surface area (Å²) in [6.07, 6.45) is 2.50. The summed E-state index contributed by atoms with van der Waals surface area (Å²) in [4.78, 5) is 7.46. The second-order valence-electron chi connectivity index (χ2n) is 10.3. The van der Waals surface area contributed by atoms with Gasteiger partial charge < -0.3 is 15.2 Å². The van der Waals surface area contributed by atoms with E-state index in [0.717, 1.165) is 12.1 Å². The van der Waals surface area contributed by atoms with Gasteiger partial charge in [-0.25, -0.2) is 27.5 Å². The highest BCUT2D eigenvalue weighted by Crippen LogP contribution is 2.37. The molecule has 2 fully saturated rings. The van der Waals surface area contributed by atoms with Gasteiger partial charge in [0.05, 0.1) is 28.5 Å². The highest BCUT2D eigenvalue weighted by atomic mass is 32.2. The molecule has 1 aromatic carbocycles. The van der Waals surface area contributed by atoms with Crippen molar-refractivity contribution in [1.82, 2.24) is 24.5 Å². The van der Waals surface area contributed by atoms with Gasteiger partial charge in [0.15, 0.2) is 0 Å². The Kier molecular flexibility index (Phi) is 8.59. The predicted octanol–water partition coefficient (Wildman–Crippen LogP) is 4.42. The minimum atomic E-state index is -4.75. The lowest BCUT2D eigenvalue weighted by atomic mass is 9.87. The van der Waals surface area contributed by atoms with Crippen LogP contribution < -0.4 is 10.0 Å². The number of aliphatic hydroxyl groups is 1. The van der Waals surface area contributed by atoms with Crippen LogP contribution in [0.2, 0.25) is 0 Å². The zero-order valence-corrected chi connectivity index (χ0v) is 22.8. The number of hydrogen-bond acceptors (Lipinski definition) is 8. The van der Waals surface area contributed by atoms with E-state index in [4.69, 9.17) is 4.74 Å². The number of hydrogen-bond donors (Lipinski definition) is 3. The van der Waals surface area contributed by atoms with Gasteiger partial charge in [-0.3, -0.25) is 4.68 Å². The summed E-state index contributed by atoms with van der Waals surface area (Å²) in [6.45, 7) is 1.12. The van der Waals surface area contributed by atoms with Crippen LogP contribution in [0, 0.1) is 11.7 Å². The third-order valence-corrected chi connectivity index (χ3v) is 8.98. The monoisotopic (exact) mass is 598 g/mol. The minimum absolute atomic E-state index is 0.0137. The molecule has 0 bridgehead atoms. The molecule has 41 heavy (non-hydrogen) atoms. The third-order valence-electron chi connectivity index (χ3n) is 7.46. The van der Waals surface area contributed by atoms with Gasteiger partial charge in [0.25, 0.3) is 0 Å². The van der Waals surface area contributed by atoms with Crippen LogP contribution in [0.25, 0.3) is 11.3 Å². The van der Waals surface area contributed by atoms with Crippen LogP contribution in [0.3, 0.4) is 0 Å². The van der Waals surface area contributed by atoms with Crippen LogP contribution in [0.5, 0.6) is 0 Å². The quantitative estimate of drug-likeness (QED) is 0.325. The molecule has 10 nitrogen and oxygen atoms in total. The van der Waals surface area contributed by atoms with Gasteiger partial charge in [0.1, 0.15) is 11.4 Å². The molecular weight excluding hydrogens is 568 g/mol. The predicted molar refractivity (Wildman–Crippen MR) is 140 cm³/mol. The summed E-state index contributed by atoms with van der Waals surface area (Å²) in [6, 6.07) is 2.85. The molecule has 0 amide bonds. The maximum atomic E-state index is 15.0. The number of benzene rings is 1. The molecule has 222 valence electrons. The van der Waals surface area contributed by atoms with Crippen LogP contribution >= 0.6 is 0 Å². The molecule has 15 heteroatoms. The first-order chi connectivity index (χ1) is 19.5. The van der Waals surface area contributed by atoms with Crippen molar-refractivity contribution in [2.45, 2.75) is 61.7 Å². The molecule has 1 saturated carbocycles. The number of rotatable bonds is 8. The average Bonchev–Trinajstić information content (AvgIpc) is 3.45. The standard InChI is InChI=1S/C26H30F4N6O4S/c27-22-11-20(41(38,39)35-18-3-1-16(15-37)2-4-18)5-6-23(22)33-25-31-13-21(26(28,29)30)24(34-25)17-12-32-36(14-17)19-7-9-40-10-8-19/h5-6,11-14,16,18-19,35,37H,1-4,7-10,15H2,(H,31,33,34). The van der Waals surface area contributed by atoms with Crippen molar-refractivity contribution < 1.29 is 35.8 Å². The summed E-state index contributed by atoms with van der Waals surface area (Å²) in [5.74, 6) is -1.11. The smallest absolute Gasteiger partial charge is 0.396 e. The Morgan fingerprint density at radius 1 is 1.07 bits per heavy atom. The van der Waals surface area contributed by atoms with Crippen molar-refractivity contribution in [3.63, 3.8) is 0 Å². The second-order valence-corrected chi connectivity index (χ2v) is 12.0. The summed E-state index contributed by atoms with van der Waals surface area (Å²) in [7, 11) is -4.02. The molecule has 0 spiro atoms. The van der Waals surface area contributed by atoms with Gasteiger partial charge in [0.2, 0.25) is 16.0 Å². The average molecular weight is 599 g/mol. The molecule has 0 unspecified atom stereocenters. The Balaban J connectivity index is 1.35. The molecule has 2 aliphatic rings. The molecular formula is C26H30F4N6O4S. The van der Waals surface area contributed by atoms with E-state index < -0.39 is 33.3 Å². The number of nitrogens with zero attached hydrogens (tertiary/aromatic N) is 4. The number of halogens is 4. The molecule has 3 heterocycles. The Bertz CT molecular complexity index is 1470. The summed E-state index contributed by atoms with van der Waals surface area (Å²) in [5, 5.41) is 16.1. The van der Waals surface area contributed by atoms with Crippen molar-refractivity contribution in [1.29, 1.82) is 0 Å². The van der Waals surface area contributed by atoms with Crippen molar-refractivity contribution in [3.8, 4) is 11.3 Å². The number of alkyl halides is 3. The minimum Gasteiger partial charge on any atom is -0.396 e. The summed E-state index contributed by atoms with van der Waals surface area (Å²) < 4.78 is 91.6. The van der Waals surface area contributed by atoms with Crippen LogP contribution in [0.1, 0.15) is 50.1 Å². The van der Waals surface area contributed by atoms with E-state index in [2.05, 4.69) is 25.1 Å². The molecule has 0 radical (unpaired) electrons. The summed E-state index contributed by atoms with van der Waals surface area (Å²) in [5.41, 5.74) is -1.59. The Morgan fingerprint density at radius 3 is 2.46 bits per heavy atom. The van der Waals surface area contributed by atoms with E-state index in [9.17, 15) is 26.7 Å². The molecule has 1 aliphatic heterocycles. The van der Waals surface area contributed by atoms with Gasteiger partial charge in [-0.15, -0.1) is 0 Å². The number of ether oxygens (including phenoxy) is 1. The van der Waals surface area contributed by atoms with Gasteiger partial charge in [-0.2, -0.15) is 18.3 Å². The van der Waals surface area contributed by atoms with Crippen molar-refractivity contribution >= 4 is 21.7 Å². The SMILES string of the molecule is O=S(=O)(NC1CCC(CO)CC1)c1ccc(Nc2ncc(C(F)(F)F)c(-c3cnn(C4CCOCC4)c3)n2)c(F)c1. The first-order valence-electron chi connectivity index (χ1n) is 13.3. The van der Waals surface area contributed by atoms with E-state index in [1.54, 1.807) is 4.68 Å². The first-order valence-corrected chi connectivity index (χ1v) is 14.8. The maximum Gasteiger partial charge on any atom is 0.419 e. The lowest BCUT2D eigenvalue weighted by Crippen LogP contribution is -2.38. The Labute approximate surface area is 234 Å². The summed E-state index contributed by atoms with van der Waals surface area (Å²) >= 11 is 0. The van der Waals surface area contributed by atoms with Gasteiger partial charge in [-0.1, -0.05) is 0 Å². The van der Waals surface area contributed by atoms with Gasteiger partial charge >= 0.3 is 6.18 Å². The number of aliphatic hydroxyl groups excluding tert-OH is 1. The lowest BCUT2D eigenvalue weighted by molar-refractivity contribution is -0.137. The van der Waals surface area contributed by atoms with Crippen LogP contribution in [0.4, 0.5) is 29.2 Å². The van der Waals surface area contributed by atoms with E-state index >= 15 is 4.39 Å². The molecule has 3 N–H and O–H groups in total. The molecule has 2 aromatic heterocycles. The maximum absolute atomic E-state index is 15.0. The Hall–Kier alpha value is -3.14. The Morgan fingerprint density at radius 2 is 1.80 bits per heavy atom. The zero-order valence-electron chi connectivity index (χ0n) is 21.9. The molecule has 5 rings (SSSR count). The van der Waals surface area contributed by atoms with Gasteiger partial charge in [0, 0.05) is 43.8 Å². The van der Waals surface area contributed by atoms with Crippen LogP contribution in [-0.2, 0) is 20.9 Å². The number of sulfonamides is 1. The van der Waals surface area contributed by atoms with Crippen LogP contribution in [-0.4, -0.2) is 59.1 Å². The number of anilines is 2. The fourth-order valence-electron chi connectivity index (χ4n) is 5.11. The largest absolute Gasteiger partial charge is 0.419 e. The zero-order chi connectivity index (χ0) is 29.2.